The van der Waals surface area contributed by atoms with Crippen molar-refractivity contribution in [2.75, 3.05) is 11.2 Å². The molecule has 6 nitrogen and oxygen atoms in total. The van der Waals surface area contributed by atoms with Crippen LogP contribution in [0.15, 0.2) is 27.9 Å². The minimum atomic E-state index is 0.403. The topological polar surface area (TPSA) is 89.3 Å². The Hall–Kier alpha value is -1.89. The van der Waals surface area contributed by atoms with Crippen LogP contribution in [-0.4, -0.2) is 16.4 Å². The Balaban J connectivity index is 1.94. The molecule has 0 aliphatic rings. The van der Waals surface area contributed by atoms with Crippen molar-refractivity contribution in [3.05, 3.63) is 24.2 Å². The summed E-state index contributed by atoms with van der Waals surface area (Å²) in [5, 5.41) is 12.2. The fourth-order valence-electron chi connectivity index (χ4n) is 0.796. The van der Waals surface area contributed by atoms with Crippen LogP contribution in [0.3, 0.4) is 0 Å². The molecule has 2 heterocycles. The summed E-state index contributed by atoms with van der Waals surface area (Å²) in [5.41, 5.74) is 8.06. The van der Waals surface area contributed by atoms with Crippen LogP contribution in [0.2, 0.25) is 0 Å². The molecule has 0 aliphatic heterocycles. The highest BCUT2D eigenvalue weighted by atomic mass is 32.1. The summed E-state index contributed by atoms with van der Waals surface area (Å²) in [5.74, 6) is 0.662. The van der Waals surface area contributed by atoms with Gasteiger partial charge in [-0.15, -0.1) is 10.2 Å². The molecule has 7 heteroatoms. The zero-order valence-electron chi connectivity index (χ0n) is 7.04. The highest BCUT2D eigenvalue weighted by molar-refractivity contribution is 7.18. The molecule has 0 aliphatic carbocycles. The zero-order valence-corrected chi connectivity index (χ0v) is 7.86. The lowest BCUT2D eigenvalue weighted by Crippen LogP contribution is -1.88. The van der Waals surface area contributed by atoms with Crippen LogP contribution >= 0.6 is 11.3 Å². The summed E-state index contributed by atoms with van der Waals surface area (Å²) in [7, 11) is 0. The highest BCUT2D eigenvalue weighted by Crippen LogP contribution is 2.15. The Morgan fingerprint density at radius 2 is 2.50 bits per heavy atom. The number of furan rings is 1. The average Bonchev–Trinajstić information content (AvgIpc) is 2.77. The summed E-state index contributed by atoms with van der Waals surface area (Å²) in [6, 6.07) is 3.57. The first-order valence-electron chi connectivity index (χ1n) is 3.76. The number of hydrogen-bond donors (Lipinski definition) is 2. The molecule has 2 aromatic heterocycles. The van der Waals surface area contributed by atoms with Gasteiger partial charge in [0.25, 0.3) is 0 Å². The molecular weight excluding hydrogens is 202 g/mol. The smallest absolute Gasteiger partial charge is 0.227 e. The number of nitrogen functional groups attached to an aromatic ring is 1. The van der Waals surface area contributed by atoms with Crippen molar-refractivity contribution in [2.45, 2.75) is 0 Å². The van der Waals surface area contributed by atoms with Gasteiger partial charge < -0.3 is 10.2 Å². The van der Waals surface area contributed by atoms with Gasteiger partial charge in [0, 0.05) is 0 Å². The van der Waals surface area contributed by atoms with E-state index in [-0.39, 0.29) is 0 Å². The monoisotopic (exact) mass is 209 g/mol. The lowest BCUT2D eigenvalue weighted by atomic mass is 10.5. The zero-order chi connectivity index (χ0) is 9.80. The van der Waals surface area contributed by atoms with Crippen molar-refractivity contribution in [2.24, 2.45) is 5.10 Å². The number of hydrogen-bond acceptors (Lipinski definition) is 7. The molecule has 0 radical (unpaired) electrons. The largest absolute Gasteiger partial charge is 0.463 e. The maximum atomic E-state index is 5.38. The number of rotatable bonds is 3. The summed E-state index contributed by atoms with van der Waals surface area (Å²) >= 11 is 1.23. The van der Waals surface area contributed by atoms with E-state index in [1.54, 1.807) is 18.4 Å². The van der Waals surface area contributed by atoms with E-state index in [1.165, 1.54) is 17.6 Å². The van der Waals surface area contributed by atoms with Gasteiger partial charge in [-0.1, -0.05) is 11.3 Å². The van der Waals surface area contributed by atoms with E-state index in [0.29, 0.717) is 16.0 Å². The van der Waals surface area contributed by atoms with Crippen LogP contribution in [0, 0.1) is 0 Å². The van der Waals surface area contributed by atoms with Crippen molar-refractivity contribution in [1.82, 2.24) is 10.2 Å². The van der Waals surface area contributed by atoms with Gasteiger partial charge in [-0.05, 0) is 12.1 Å². The van der Waals surface area contributed by atoms with Crippen molar-refractivity contribution in [1.29, 1.82) is 0 Å². The van der Waals surface area contributed by atoms with E-state index in [1.807, 2.05) is 0 Å². The lowest BCUT2D eigenvalue weighted by molar-refractivity contribution is 0.560. The first-order chi connectivity index (χ1) is 6.84. The minimum Gasteiger partial charge on any atom is -0.463 e. The molecule has 0 saturated carbocycles. The van der Waals surface area contributed by atoms with Crippen LogP contribution < -0.4 is 11.2 Å². The van der Waals surface area contributed by atoms with Crippen LogP contribution in [-0.2, 0) is 0 Å². The second-order valence-electron chi connectivity index (χ2n) is 2.33. The predicted octanol–water partition coefficient (Wildman–Crippen LogP) is 1.16. The van der Waals surface area contributed by atoms with E-state index >= 15 is 0 Å². The van der Waals surface area contributed by atoms with Gasteiger partial charge in [0.1, 0.15) is 5.76 Å². The van der Waals surface area contributed by atoms with Crippen LogP contribution in [0.1, 0.15) is 5.76 Å². The molecule has 0 aromatic carbocycles. The van der Waals surface area contributed by atoms with Crippen LogP contribution in [0.5, 0.6) is 0 Å². The maximum absolute atomic E-state index is 5.38. The Bertz CT molecular complexity index is 421. The van der Waals surface area contributed by atoms with Gasteiger partial charge in [0.2, 0.25) is 10.3 Å². The third-order valence-corrected chi connectivity index (χ3v) is 1.99. The SMILES string of the molecule is Nc1nnc(NN=Cc2ccco2)s1. The van der Waals surface area contributed by atoms with E-state index in [0.717, 1.165) is 0 Å². The summed E-state index contributed by atoms with van der Waals surface area (Å²) in [4.78, 5) is 0. The molecule has 72 valence electrons. The summed E-state index contributed by atoms with van der Waals surface area (Å²) in [6.07, 6.45) is 3.11. The molecular formula is C7H7N5OS. The normalized spacial score (nSPS) is 10.9. The molecule has 0 unspecified atom stereocenters. The number of nitrogens with one attached hydrogen (secondary N) is 1. The number of aromatic nitrogens is 2. The minimum absolute atomic E-state index is 0.403. The van der Waals surface area contributed by atoms with Crippen molar-refractivity contribution in [3.8, 4) is 0 Å². The lowest BCUT2D eigenvalue weighted by Gasteiger charge is -1.88. The number of hydrazone groups is 1. The first-order valence-corrected chi connectivity index (χ1v) is 4.58. The van der Waals surface area contributed by atoms with Gasteiger partial charge in [-0.2, -0.15) is 5.10 Å². The molecule has 0 saturated heterocycles. The standard InChI is InChI=1S/C7H7N5OS/c8-6-10-12-7(14-6)11-9-4-5-2-1-3-13-5/h1-4H,(H2,8,10)(H,11,12). The van der Waals surface area contributed by atoms with Crippen molar-refractivity contribution < 1.29 is 4.42 Å². The van der Waals surface area contributed by atoms with Gasteiger partial charge in [0.15, 0.2) is 0 Å². The quantitative estimate of drug-likeness (QED) is 0.584. The molecule has 0 amide bonds. The molecule has 0 atom stereocenters. The third-order valence-electron chi connectivity index (χ3n) is 1.34. The van der Waals surface area contributed by atoms with E-state index in [9.17, 15) is 0 Å². The Kier molecular flexibility index (Phi) is 2.41. The van der Waals surface area contributed by atoms with Gasteiger partial charge in [0.05, 0.1) is 12.5 Å². The summed E-state index contributed by atoms with van der Waals surface area (Å²) in [6.45, 7) is 0. The van der Waals surface area contributed by atoms with E-state index < -0.39 is 0 Å². The van der Waals surface area contributed by atoms with Crippen LogP contribution in [0.4, 0.5) is 10.3 Å². The van der Waals surface area contributed by atoms with Crippen molar-refractivity contribution >= 4 is 27.8 Å². The molecule has 0 fully saturated rings. The van der Waals surface area contributed by atoms with Gasteiger partial charge >= 0.3 is 0 Å². The molecule has 0 bridgehead atoms. The fourth-order valence-corrected chi connectivity index (χ4v) is 1.26. The van der Waals surface area contributed by atoms with Gasteiger partial charge in [-0.3, -0.25) is 5.43 Å². The second-order valence-corrected chi connectivity index (χ2v) is 3.34. The third kappa shape index (κ3) is 2.07. The second kappa shape index (κ2) is 3.88. The number of anilines is 2. The Morgan fingerprint density at radius 1 is 1.57 bits per heavy atom. The molecule has 3 N–H and O–H groups in total. The van der Waals surface area contributed by atoms with E-state index in [4.69, 9.17) is 10.2 Å². The maximum Gasteiger partial charge on any atom is 0.227 e. The molecule has 14 heavy (non-hydrogen) atoms. The average molecular weight is 209 g/mol. The predicted molar refractivity (Wildman–Crippen MR) is 54.2 cm³/mol. The first kappa shape index (κ1) is 8.70. The molecule has 2 aromatic rings. The Morgan fingerprint density at radius 3 is 3.14 bits per heavy atom. The highest BCUT2D eigenvalue weighted by Gasteiger charge is 1.97. The fraction of sp³-hybridized carbons (Fsp3) is 0. The summed E-state index contributed by atoms with van der Waals surface area (Å²) < 4.78 is 5.03. The van der Waals surface area contributed by atoms with Crippen LogP contribution in [0.25, 0.3) is 0 Å². The number of nitrogens with zero attached hydrogens (tertiary/aromatic N) is 3. The van der Waals surface area contributed by atoms with Crippen molar-refractivity contribution in [3.63, 3.8) is 0 Å². The molecule has 0 spiro atoms. The van der Waals surface area contributed by atoms with E-state index in [2.05, 4.69) is 20.7 Å². The molecule has 2 rings (SSSR count). The number of nitrogens with two attached hydrogens (primary N) is 1. The van der Waals surface area contributed by atoms with Gasteiger partial charge in [-0.25, -0.2) is 0 Å². The Labute approximate surface area is 83.5 Å².